The van der Waals surface area contributed by atoms with Crippen LogP contribution in [0.15, 0.2) is 18.2 Å². The molecule has 0 amide bonds. The molecule has 1 N–H and O–H groups in total. The van der Waals surface area contributed by atoms with Crippen LogP contribution in [0.25, 0.3) is 0 Å². The second-order valence-corrected chi connectivity index (χ2v) is 4.29. The van der Waals surface area contributed by atoms with E-state index in [-0.39, 0.29) is 0 Å². The Morgan fingerprint density at radius 1 is 1.11 bits per heavy atom. The number of benzene rings is 1. The zero-order chi connectivity index (χ0) is 14.5. The van der Waals surface area contributed by atoms with E-state index in [1.54, 1.807) is 6.07 Å². The van der Waals surface area contributed by atoms with Crippen molar-refractivity contribution < 1.29 is 13.2 Å². The van der Waals surface area contributed by atoms with Gasteiger partial charge in [-0.3, -0.25) is 0 Å². The molecule has 0 aliphatic carbocycles. The van der Waals surface area contributed by atoms with Crippen molar-refractivity contribution in [2.45, 2.75) is 33.5 Å². The molecule has 5 heteroatoms. The number of nitrogens with zero attached hydrogens (tertiary/aromatic N) is 1. The van der Waals surface area contributed by atoms with E-state index in [0.717, 1.165) is 18.2 Å². The molecular weight excluding hydrogens is 253 g/mol. The lowest BCUT2D eigenvalue weighted by Crippen LogP contribution is -2.25. The lowest BCUT2D eigenvalue weighted by molar-refractivity contribution is -0.137. The van der Waals surface area contributed by atoms with Crippen molar-refractivity contribution in [2.75, 3.05) is 24.5 Å². The van der Waals surface area contributed by atoms with Crippen LogP contribution in [-0.4, -0.2) is 19.6 Å². The van der Waals surface area contributed by atoms with Gasteiger partial charge in [0, 0.05) is 25.3 Å². The highest BCUT2D eigenvalue weighted by molar-refractivity contribution is 5.56. The van der Waals surface area contributed by atoms with Crippen molar-refractivity contribution in [3.8, 4) is 0 Å². The van der Waals surface area contributed by atoms with E-state index in [4.69, 9.17) is 0 Å². The molecule has 2 nitrogen and oxygen atoms in total. The standard InChI is InChI=1S/C14H21F3N2/c1-4-18-10-11-7-8-12(14(15,16)17)9-13(11)19(5-2)6-3/h7-9,18H,4-6,10H2,1-3H3. The molecule has 0 fully saturated rings. The first-order valence-electron chi connectivity index (χ1n) is 6.59. The third-order valence-electron chi connectivity index (χ3n) is 3.08. The molecule has 0 spiro atoms. The van der Waals surface area contributed by atoms with Crippen LogP contribution in [0.5, 0.6) is 0 Å². The smallest absolute Gasteiger partial charge is 0.372 e. The average Bonchev–Trinajstić information content (AvgIpc) is 2.37. The number of hydrogen-bond donors (Lipinski definition) is 1. The molecule has 108 valence electrons. The van der Waals surface area contributed by atoms with Crippen LogP contribution in [0.2, 0.25) is 0 Å². The maximum absolute atomic E-state index is 12.8. The molecule has 0 atom stereocenters. The van der Waals surface area contributed by atoms with Crippen molar-refractivity contribution in [2.24, 2.45) is 0 Å². The van der Waals surface area contributed by atoms with E-state index in [1.165, 1.54) is 6.07 Å². The van der Waals surface area contributed by atoms with E-state index in [9.17, 15) is 13.2 Å². The van der Waals surface area contributed by atoms with E-state index in [1.807, 2.05) is 25.7 Å². The van der Waals surface area contributed by atoms with E-state index < -0.39 is 11.7 Å². The minimum atomic E-state index is -4.29. The second kappa shape index (κ2) is 6.80. The molecule has 0 heterocycles. The molecular formula is C14H21F3N2. The van der Waals surface area contributed by atoms with Crippen LogP contribution in [0.1, 0.15) is 31.9 Å². The van der Waals surface area contributed by atoms with Gasteiger partial charge in [-0.2, -0.15) is 13.2 Å². The summed E-state index contributed by atoms with van der Waals surface area (Å²) >= 11 is 0. The Morgan fingerprint density at radius 3 is 2.21 bits per heavy atom. The van der Waals surface area contributed by atoms with Crippen LogP contribution < -0.4 is 10.2 Å². The SMILES string of the molecule is CCNCc1ccc(C(F)(F)F)cc1N(CC)CC. The number of anilines is 1. The third kappa shape index (κ3) is 4.13. The molecule has 0 aromatic heterocycles. The Hall–Kier alpha value is -1.23. The molecule has 1 aromatic carbocycles. The van der Waals surface area contributed by atoms with Gasteiger partial charge in [0.1, 0.15) is 0 Å². The number of alkyl halides is 3. The second-order valence-electron chi connectivity index (χ2n) is 4.29. The molecule has 19 heavy (non-hydrogen) atoms. The quantitative estimate of drug-likeness (QED) is 0.851. The predicted molar refractivity (Wildman–Crippen MR) is 72.4 cm³/mol. The van der Waals surface area contributed by atoms with Gasteiger partial charge >= 0.3 is 6.18 Å². The highest BCUT2D eigenvalue weighted by Crippen LogP contribution is 2.33. The summed E-state index contributed by atoms with van der Waals surface area (Å²) in [6.45, 7) is 8.62. The summed E-state index contributed by atoms with van der Waals surface area (Å²) in [7, 11) is 0. The Bertz CT molecular complexity index is 398. The van der Waals surface area contributed by atoms with Crippen molar-refractivity contribution in [1.82, 2.24) is 5.32 Å². The first-order valence-corrected chi connectivity index (χ1v) is 6.59. The highest BCUT2D eigenvalue weighted by atomic mass is 19.4. The van der Waals surface area contributed by atoms with Gasteiger partial charge in [0.05, 0.1) is 5.56 Å². The Labute approximate surface area is 112 Å². The third-order valence-corrected chi connectivity index (χ3v) is 3.08. The summed E-state index contributed by atoms with van der Waals surface area (Å²) in [4.78, 5) is 1.95. The molecule has 1 rings (SSSR count). The highest BCUT2D eigenvalue weighted by Gasteiger charge is 2.31. The average molecular weight is 274 g/mol. The van der Waals surface area contributed by atoms with Crippen molar-refractivity contribution in [3.05, 3.63) is 29.3 Å². The largest absolute Gasteiger partial charge is 0.416 e. The van der Waals surface area contributed by atoms with Crippen LogP contribution in [0.3, 0.4) is 0 Å². The Morgan fingerprint density at radius 2 is 1.74 bits per heavy atom. The minimum absolute atomic E-state index is 0.584. The van der Waals surface area contributed by atoms with Crippen molar-refractivity contribution >= 4 is 5.69 Å². The van der Waals surface area contributed by atoms with Gasteiger partial charge in [-0.1, -0.05) is 13.0 Å². The molecule has 0 unspecified atom stereocenters. The zero-order valence-corrected chi connectivity index (χ0v) is 11.6. The zero-order valence-electron chi connectivity index (χ0n) is 11.6. The van der Waals surface area contributed by atoms with Gasteiger partial charge in [-0.25, -0.2) is 0 Å². The predicted octanol–water partition coefficient (Wildman–Crippen LogP) is 3.66. The molecule has 0 radical (unpaired) electrons. The van der Waals surface area contributed by atoms with Crippen LogP contribution in [0, 0.1) is 0 Å². The Kier molecular flexibility index (Phi) is 5.66. The van der Waals surface area contributed by atoms with E-state index in [0.29, 0.717) is 25.3 Å². The molecule has 0 aliphatic rings. The summed E-state index contributed by atoms with van der Waals surface area (Å²) in [6, 6.07) is 3.97. The summed E-state index contributed by atoms with van der Waals surface area (Å²) < 4.78 is 38.4. The van der Waals surface area contributed by atoms with Crippen molar-refractivity contribution in [1.29, 1.82) is 0 Å². The van der Waals surface area contributed by atoms with Gasteiger partial charge in [-0.05, 0) is 38.1 Å². The van der Waals surface area contributed by atoms with Gasteiger partial charge in [0.2, 0.25) is 0 Å². The van der Waals surface area contributed by atoms with Gasteiger partial charge in [0.25, 0.3) is 0 Å². The number of rotatable bonds is 6. The topological polar surface area (TPSA) is 15.3 Å². The van der Waals surface area contributed by atoms with Crippen LogP contribution >= 0.6 is 0 Å². The van der Waals surface area contributed by atoms with Gasteiger partial charge < -0.3 is 10.2 Å². The van der Waals surface area contributed by atoms with E-state index in [2.05, 4.69) is 5.32 Å². The first-order chi connectivity index (χ1) is 8.93. The van der Waals surface area contributed by atoms with Crippen LogP contribution in [0.4, 0.5) is 18.9 Å². The minimum Gasteiger partial charge on any atom is -0.372 e. The summed E-state index contributed by atoms with van der Waals surface area (Å²) in [5.41, 5.74) is 0.981. The molecule has 0 saturated heterocycles. The summed E-state index contributed by atoms with van der Waals surface area (Å²) in [6.07, 6.45) is -4.29. The first kappa shape index (κ1) is 15.8. The normalized spacial score (nSPS) is 11.7. The maximum atomic E-state index is 12.8. The summed E-state index contributed by atoms with van der Waals surface area (Å²) in [5.74, 6) is 0. The monoisotopic (exact) mass is 274 g/mol. The fraction of sp³-hybridized carbons (Fsp3) is 0.571. The lowest BCUT2D eigenvalue weighted by Gasteiger charge is -2.25. The van der Waals surface area contributed by atoms with Gasteiger partial charge in [0.15, 0.2) is 0 Å². The Balaban J connectivity index is 3.17. The maximum Gasteiger partial charge on any atom is 0.416 e. The fourth-order valence-electron chi connectivity index (χ4n) is 2.01. The van der Waals surface area contributed by atoms with E-state index >= 15 is 0 Å². The molecule has 0 bridgehead atoms. The molecule has 0 aliphatic heterocycles. The lowest BCUT2D eigenvalue weighted by atomic mass is 10.1. The number of halogens is 3. The summed E-state index contributed by atoms with van der Waals surface area (Å²) in [5, 5.41) is 3.16. The fourth-order valence-corrected chi connectivity index (χ4v) is 2.01. The number of nitrogens with one attached hydrogen (secondary N) is 1. The number of hydrogen-bond acceptors (Lipinski definition) is 2. The van der Waals surface area contributed by atoms with Gasteiger partial charge in [-0.15, -0.1) is 0 Å². The molecule has 0 saturated carbocycles. The van der Waals surface area contributed by atoms with Crippen molar-refractivity contribution in [3.63, 3.8) is 0 Å². The van der Waals surface area contributed by atoms with Crippen LogP contribution in [-0.2, 0) is 12.7 Å². The molecule has 1 aromatic rings.